The Kier molecular flexibility index (Phi) is 8.30. The summed E-state index contributed by atoms with van der Waals surface area (Å²) in [6, 6.07) is -0.574. The summed E-state index contributed by atoms with van der Waals surface area (Å²) in [6.45, 7) is 16.8. The zero-order valence-electron chi connectivity index (χ0n) is 22.6. The molecule has 0 radical (unpaired) electrons. The van der Waals surface area contributed by atoms with Gasteiger partial charge >= 0.3 is 12.1 Å². The smallest absolute Gasteiger partial charge is 0.408 e. The lowest BCUT2D eigenvalue weighted by atomic mass is 9.87. The number of ether oxygens (including phenoxy) is 6. The molecule has 0 aliphatic carbocycles. The standard InChI is InChI=1S/C24H43NO9Si/c1-10-11-12-29-24(20(26)28-7)13-15(34-35(8,9)22(2,3)4)17-19(33-24)18(31-21(27)25-17)16-14-30-23(5,6)32-16/h15-19H,10-14H2,1-9H3,(H,25,27)/t15-,16+,17+,18+,19+,24-/m0/s1. The number of carbonyl (C=O) groups excluding carboxylic acids is 2. The highest BCUT2D eigenvalue weighted by Crippen LogP contribution is 2.44. The summed E-state index contributed by atoms with van der Waals surface area (Å²) in [4.78, 5) is 25.8. The first-order valence-corrected chi connectivity index (χ1v) is 15.4. The molecule has 0 saturated carbocycles. The number of esters is 1. The second-order valence-electron chi connectivity index (χ2n) is 11.6. The van der Waals surface area contributed by atoms with Gasteiger partial charge in [0.25, 0.3) is 5.79 Å². The molecule has 3 heterocycles. The molecule has 0 bridgehead atoms. The summed E-state index contributed by atoms with van der Waals surface area (Å²) in [5.74, 6) is -3.17. The van der Waals surface area contributed by atoms with Gasteiger partial charge in [-0.3, -0.25) is 0 Å². The van der Waals surface area contributed by atoms with Crippen molar-refractivity contribution in [3.8, 4) is 0 Å². The minimum atomic E-state index is -2.32. The number of hydrogen-bond donors (Lipinski definition) is 1. The van der Waals surface area contributed by atoms with Crippen molar-refractivity contribution in [3.63, 3.8) is 0 Å². The van der Waals surface area contributed by atoms with Crippen LogP contribution in [0.3, 0.4) is 0 Å². The minimum Gasteiger partial charge on any atom is -0.465 e. The lowest BCUT2D eigenvalue weighted by molar-refractivity contribution is -0.316. The largest absolute Gasteiger partial charge is 0.465 e. The molecule has 3 fully saturated rings. The van der Waals surface area contributed by atoms with Gasteiger partial charge in [0.2, 0.25) is 0 Å². The fourth-order valence-corrected chi connectivity index (χ4v) is 5.75. The third-order valence-corrected chi connectivity index (χ3v) is 11.9. The van der Waals surface area contributed by atoms with Crippen molar-refractivity contribution in [1.82, 2.24) is 5.32 Å². The van der Waals surface area contributed by atoms with Crippen LogP contribution >= 0.6 is 0 Å². The lowest BCUT2D eigenvalue weighted by Gasteiger charge is -2.53. The maximum Gasteiger partial charge on any atom is 0.408 e. The van der Waals surface area contributed by atoms with Crippen molar-refractivity contribution in [2.45, 2.75) is 121 Å². The average molecular weight is 518 g/mol. The predicted octanol–water partition coefficient (Wildman–Crippen LogP) is 3.48. The van der Waals surface area contributed by atoms with Crippen LogP contribution in [-0.4, -0.2) is 82.7 Å². The van der Waals surface area contributed by atoms with Gasteiger partial charge in [0, 0.05) is 6.42 Å². The Morgan fingerprint density at radius 3 is 2.43 bits per heavy atom. The first kappa shape index (κ1) is 28.3. The quantitative estimate of drug-likeness (QED) is 0.294. The number of nitrogens with one attached hydrogen (secondary N) is 1. The van der Waals surface area contributed by atoms with Gasteiger partial charge in [-0.05, 0) is 38.4 Å². The minimum absolute atomic E-state index is 0.0809. The number of rotatable bonds is 8. The van der Waals surface area contributed by atoms with E-state index in [9.17, 15) is 9.59 Å². The molecular formula is C24H43NO9Si. The van der Waals surface area contributed by atoms with Gasteiger partial charge in [0.1, 0.15) is 12.2 Å². The number of amides is 1. The van der Waals surface area contributed by atoms with Gasteiger partial charge in [0.15, 0.2) is 20.2 Å². The van der Waals surface area contributed by atoms with Gasteiger partial charge in [-0.2, -0.15) is 0 Å². The van der Waals surface area contributed by atoms with E-state index in [1.807, 2.05) is 6.92 Å². The average Bonchev–Trinajstić information content (AvgIpc) is 3.11. The van der Waals surface area contributed by atoms with E-state index >= 15 is 0 Å². The molecule has 0 aromatic rings. The van der Waals surface area contributed by atoms with Crippen LogP contribution in [0.25, 0.3) is 0 Å². The van der Waals surface area contributed by atoms with Crippen LogP contribution in [0.5, 0.6) is 0 Å². The van der Waals surface area contributed by atoms with Crippen LogP contribution in [0.4, 0.5) is 4.79 Å². The van der Waals surface area contributed by atoms with E-state index in [1.165, 1.54) is 7.11 Å². The molecule has 3 aliphatic rings. The number of carbonyl (C=O) groups is 2. The van der Waals surface area contributed by atoms with Gasteiger partial charge in [-0.1, -0.05) is 34.1 Å². The summed E-state index contributed by atoms with van der Waals surface area (Å²) >= 11 is 0. The molecular weight excluding hydrogens is 474 g/mol. The molecule has 1 amide bonds. The van der Waals surface area contributed by atoms with Gasteiger partial charge in [-0.25, -0.2) is 9.59 Å². The van der Waals surface area contributed by atoms with E-state index in [4.69, 9.17) is 32.8 Å². The summed E-state index contributed by atoms with van der Waals surface area (Å²) in [6.07, 6.45) is -1.65. The molecule has 202 valence electrons. The van der Waals surface area contributed by atoms with Crippen LogP contribution in [0.15, 0.2) is 0 Å². The summed E-state index contributed by atoms with van der Waals surface area (Å²) < 4.78 is 41.9. The molecule has 1 N–H and O–H groups in total. The summed E-state index contributed by atoms with van der Waals surface area (Å²) in [5.41, 5.74) is 0. The molecule has 6 atom stereocenters. The number of unbranched alkanes of at least 4 members (excludes halogenated alkanes) is 1. The normalized spacial score (nSPS) is 35.1. The monoisotopic (exact) mass is 517 g/mol. The number of hydrogen-bond acceptors (Lipinski definition) is 9. The van der Waals surface area contributed by atoms with E-state index in [-0.39, 0.29) is 18.1 Å². The van der Waals surface area contributed by atoms with Crippen molar-refractivity contribution in [3.05, 3.63) is 0 Å². The predicted molar refractivity (Wildman–Crippen MR) is 129 cm³/mol. The van der Waals surface area contributed by atoms with E-state index in [0.29, 0.717) is 6.61 Å². The van der Waals surface area contributed by atoms with E-state index in [1.54, 1.807) is 13.8 Å². The van der Waals surface area contributed by atoms with Gasteiger partial charge < -0.3 is 38.2 Å². The molecule has 10 nitrogen and oxygen atoms in total. The van der Waals surface area contributed by atoms with Crippen molar-refractivity contribution in [1.29, 1.82) is 0 Å². The van der Waals surface area contributed by atoms with Crippen LogP contribution < -0.4 is 5.32 Å². The van der Waals surface area contributed by atoms with E-state index in [2.05, 4.69) is 39.2 Å². The third-order valence-electron chi connectivity index (χ3n) is 7.38. The van der Waals surface area contributed by atoms with Gasteiger partial charge in [-0.15, -0.1) is 0 Å². The fourth-order valence-electron chi connectivity index (χ4n) is 4.41. The van der Waals surface area contributed by atoms with Crippen LogP contribution in [-0.2, 0) is 37.6 Å². The Balaban J connectivity index is 2.02. The summed E-state index contributed by atoms with van der Waals surface area (Å²) in [5, 5.41) is 2.79. The van der Waals surface area contributed by atoms with Crippen molar-refractivity contribution >= 4 is 20.4 Å². The number of fused-ring (bicyclic) bond motifs is 1. The van der Waals surface area contributed by atoms with Crippen LogP contribution in [0.1, 0.15) is 60.8 Å². The Hall–Kier alpha value is -1.24. The van der Waals surface area contributed by atoms with Crippen molar-refractivity contribution in [2.75, 3.05) is 20.3 Å². The highest BCUT2D eigenvalue weighted by atomic mass is 28.4. The molecule has 11 heteroatoms. The second-order valence-corrected chi connectivity index (χ2v) is 16.3. The molecule has 35 heavy (non-hydrogen) atoms. The zero-order valence-corrected chi connectivity index (χ0v) is 23.6. The van der Waals surface area contributed by atoms with E-state index in [0.717, 1.165) is 12.8 Å². The molecule has 0 spiro atoms. The van der Waals surface area contributed by atoms with E-state index < -0.39 is 62.4 Å². The summed E-state index contributed by atoms with van der Waals surface area (Å²) in [7, 11) is -1.02. The van der Waals surface area contributed by atoms with Crippen molar-refractivity contribution < 1.29 is 42.4 Å². The van der Waals surface area contributed by atoms with Crippen LogP contribution in [0, 0.1) is 0 Å². The zero-order chi connectivity index (χ0) is 26.2. The first-order valence-electron chi connectivity index (χ1n) is 12.5. The highest BCUT2D eigenvalue weighted by Gasteiger charge is 2.61. The molecule has 3 saturated heterocycles. The van der Waals surface area contributed by atoms with Crippen LogP contribution in [0.2, 0.25) is 18.1 Å². The second kappa shape index (κ2) is 10.3. The maximum absolute atomic E-state index is 13.2. The Labute approximate surface area is 209 Å². The Morgan fingerprint density at radius 1 is 1.20 bits per heavy atom. The SMILES string of the molecule is CCCCO[C@@]1(C(=O)OC)C[C@H](O[Si](C)(C)C(C)(C)C)[C@H]2NC(=O)O[C@H]([C@H]3COC(C)(C)O3)[C@@H]2O1. The molecule has 0 aromatic carbocycles. The Bertz CT molecular complexity index is 783. The fraction of sp³-hybridized carbons (Fsp3) is 0.917. The molecule has 3 aliphatic heterocycles. The topological polar surface area (TPSA) is 111 Å². The molecule has 0 unspecified atom stereocenters. The number of alkyl carbamates (subject to hydrolysis) is 1. The Morgan fingerprint density at radius 2 is 1.89 bits per heavy atom. The number of methoxy groups -OCH3 is 1. The van der Waals surface area contributed by atoms with Crippen molar-refractivity contribution in [2.24, 2.45) is 0 Å². The van der Waals surface area contributed by atoms with Gasteiger partial charge in [0.05, 0.1) is 32.5 Å². The maximum atomic E-state index is 13.2. The highest BCUT2D eigenvalue weighted by molar-refractivity contribution is 6.74. The number of cyclic esters (lactones) is 1. The molecule has 0 aromatic heterocycles. The lowest BCUT2D eigenvalue weighted by Crippen LogP contribution is -2.73. The molecule has 3 rings (SSSR count). The third kappa shape index (κ3) is 6.02. The first-order chi connectivity index (χ1) is 16.1.